The fourth-order valence-electron chi connectivity index (χ4n) is 1.87. The normalized spacial score (nSPS) is 10.6. The van der Waals surface area contributed by atoms with Gasteiger partial charge in [0.05, 0.1) is 14.2 Å². The van der Waals surface area contributed by atoms with Gasteiger partial charge < -0.3 is 15.2 Å². The summed E-state index contributed by atoms with van der Waals surface area (Å²) >= 11 is 0. The van der Waals surface area contributed by atoms with Gasteiger partial charge in [-0.25, -0.2) is 0 Å². The Labute approximate surface area is 123 Å². The number of carbonyl (C=O) groups excluding carboxylic acids is 1. The van der Waals surface area contributed by atoms with Gasteiger partial charge in [0.15, 0.2) is 17.3 Å². The maximum absolute atomic E-state index is 12.0. The van der Waals surface area contributed by atoms with Gasteiger partial charge in [-0.1, -0.05) is 12.1 Å². The molecule has 2 N–H and O–H groups in total. The number of allylic oxidation sites excluding steroid dienone is 1. The third kappa shape index (κ3) is 3.63. The van der Waals surface area contributed by atoms with Gasteiger partial charge in [0, 0.05) is 11.3 Å². The average Bonchev–Trinajstić information content (AvgIpc) is 2.52. The third-order valence-corrected chi connectivity index (χ3v) is 3.03. The Kier molecular flexibility index (Phi) is 4.61. The van der Waals surface area contributed by atoms with Crippen LogP contribution in [0.1, 0.15) is 15.9 Å². The SMILES string of the molecule is COc1ccc(/C=C/C(=O)c2ccc(N)cc2)cc1OC. The predicted octanol–water partition coefficient (Wildman–Crippen LogP) is 3.18. The Morgan fingerprint density at radius 1 is 1.00 bits per heavy atom. The largest absolute Gasteiger partial charge is 0.493 e. The molecule has 2 aromatic rings. The average molecular weight is 283 g/mol. The highest BCUT2D eigenvalue weighted by Gasteiger charge is 2.04. The van der Waals surface area contributed by atoms with Crippen molar-refractivity contribution in [1.82, 2.24) is 0 Å². The van der Waals surface area contributed by atoms with Crippen molar-refractivity contribution in [3.8, 4) is 11.5 Å². The van der Waals surface area contributed by atoms with Crippen LogP contribution < -0.4 is 15.2 Å². The fraction of sp³-hybridized carbons (Fsp3) is 0.118. The van der Waals surface area contributed by atoms with Crippen LogP contribution in [0, 0.1) is 0 Å². The van der Waals surface area contributed by atoms with E-state index in [1.165, 1.54) is 6.08 Å². The zero-order valence-electron chi connectivity index (χ0n) is 12.0. The third-order valence-electron chi connectivity index (χ3n) is 3.03. The minimum atomic E-state index is -0.0789. The summed E-state index contributed by atoms with van der Waals surface area (Å²) in [6, 6.07) is 12.3. The van der Waals surface area contributed by atoms with Crippen molar-refractivity contribution in [1.29, 1.82) is 0 Å². The standard InChI is InChI=1S/C17H17NO3/c1-20-16-10-4-12(11-17(16)21-2)3-9-15(19)13-5-7-14(18)8-6-13/h3-11H,18H2,1-2H3/b9-3+. The van der Waals surface area contributed by atoms with Crippen LogP contribution in [-0.2, 0) is 0 Å². The van der Waals surface area contributed by atoms with Crippen LogP contribution >= 0.6 is 0 Å². The highest BCUT2D eigenvalue weighted by atomic mass is 16.5. The molecular weight excluding hydrogens is 266 g/mol. The number of benzene rings is 2. The van der Waals surface area contributed by atoms with E-state index in [1.54, 1.807) is 50.6 Å². The van der Waals surface area contributed by atoms with Crippen LogP contribution in [0.25, 0.3) is 6.08 Å². The van der Waals surface area contributed by atoms with E-state index in [1.807, 2.05) is 12.1 Å². The van der Waals surface area contributed by atoms with E-state index >= 15 is 0 Å². The molecule has 0 spiro atoms. The van der Waals surface area contributed by atoms with Crippen molar-refractivity contribution < 1.29 is 14.3 Å². The smallest absolute Gasteiger partial charge is 0.185 e. The number of ether oxygens (including phenoxy) is 2. The highest BCUT2D eigenvalue weighted by Crippen LogP contribution is 2.28. The molecule has 0 aliphatic heterocycles. The summed E-state index contributed by atoms with van der Waals surface area (Å²) in [6.07, 6.45) is 3.26. The van der Waals surface area contributed by atoms with Gasteiger partial charge in [-0.2, -0.15) is 0 Å². The Hall–Kier alpha value is -2.75. The highest BCUT2D eigenvalue weighted by molar-refractivity contribution is 6.06. The number of hydrogen-bond acceptors (Lipinski definition) is 4. The molecule has 0 aliphatic carbocycles. The Balaban J connectivity index is 2.17. The summed E-state index contributed by atoms with van der Waals surface area (Å²) < 4.78 is 10.4. The molecular formula is C17H17NO3. The van der Waals surface area contributed by atoms with Crippen molar-refractivity contribution in [3.05, 3.63) is 59.7 Å². The number of rotatable bonds is 5. The van der Waals surface area contributed by atoms with E-state index in [0.717, 1.165) is 5.56 Å². The van der Waals surface area contributed by atoms with Crippen LogP contribution in [-0.4, -0.2) is 20.0 Å². The number of methoxy groups -OCH3 is 2. The molecule has 2 aromatic carbocycles. The number of nitrogens with two attached hydrogens (primary N) is 1. The van der Waals surface area contributed by atoms with Gasteiger partial charge in [0.25, 0.3) is 0 Å². The second kappa shape index (κ2) is 6.61. The molecule has 0 saturated carbocycles. The van der Waals surface area contributed by atoms with E-state index < -0.39 is 0 Å². The number of nitrogen functional groups attached to an aromatic ring is 1. The zero-order valence-corrected chi connectivity index (χ0v) is 12.0. The summed E-state index contributed by atoms with van der Waals surface area (Å²) in [5, 5.41) is 0. The van der Waals surface area contributed by atoms with Gasteiger partial charge >= 0.3 is 0 Å². The van der Waals surface area contributed by atoms with Crippen LogP contribution in [0.15, 0.2) is 48.5 Å². The molecule has 0 aromatic heterocycles. The van der Waals surface area contributed by atoms with Crippen molar-refractivity contribution in [2.24, 2.45) is 0 Å². The van der Waals surface area contributed by atoms with Gasteiger partial charge in [-0.05, 0) is 48.0 Å². The quantitative estimate of drug-likeness (QED) is 0.520. The lowest BCUT2D eigenvalue weighted by Gasteiger charge is -2.07. The molecule has 4 heteroatoms. The molecule has 0 bridgehead atoms. The molecule has 0 saturated heterocycles. The zero-order chi connectivity index (χ0) is 15.2. The first-order chi connectivity index (χ1) is 10.1. The first-order valence-electron chi connectivity index (χ1n) is 6.44. The molecule has 108 valence electrons. The van der Waals surface area contributed by atoms with E-state index in [9.17, 15) is 4.79 Å². The molecule has 2 rings (SSSR count). The van der Waals surface area contributed by atoms with Crippen molar-refractivity contribution in [2.75, 3.05) is 20.0 Å². The molecule has 21 heavy (non-hydrogen) atoms. The van der Waals surface area contributed by atoms with Gasteiger partial charge in [0.1, 0.15) is 0 Å². The Bertz CT molecular complexity index is 660. The second-order valence-electron chi connectivity index (χ2n) is 4.43. The minimum absolute atomic E-state index is 0.0789. The lowest BCUT2D eigenvalue weighted by Crippen LogP contribution is -1.95. The van der Waals surface area contributed by atoms with Crippen molar-refractivity contribution in [3.63, 3.8) is 0 Å². The van der Waals surface area contributed by atoms with E-state index in [0.29, 0.717) is 22.7 Å². The number of hydrogen-bond donors (Lipinski definition) is 1. The monoisotopic (exact) mass is 283 g/mol. The molecule has 0 radical (unpaired) electrons. The molecule has 0 amide bonds. The Morgan fingerprint density at radius 2 is 1.67 bits per heavy atom. The summed E-state index contributed by atoms with van der Waals surface area (Å²) in [6.45, 7) is 0. The van der Waals surface area contributed by atoms with Crippen molar-refractivity contribution in [2.45, 2.75) is 0 Å². The van der Waals surface area contributed by atoms with Gasteiger partial charge in [-0.3, -0.25) is 4.79 Å². The molecule has 0 aliphatic rings. The van der Waals surface area contributed by atoms with Crippen LogP contribution in [0.2, 0.25) is 0 Å². The summed E-state index contributed by atoms with van der Waals surface area (Å²) in [7, 11) is 3.16. The topological polar surface area (TPSA) is 61.5 Å². The maximum Gasteiger partial charge on any atom is 0.185 e. The van der Waals surface area contributed by atoms with Crippen molar-refractivity contribution >= 4 is 17.5 Å². The number of anilines is 1. The molecule has 0 unspecified atom stereocenters. The van der Waals surface area contributed by atoms with E-state index in [-0.39, 0.29) is 5.78 Å². The first kappa shape index (κ1) is 14.7. The second-order valence-corrected chi connectivity index (χ2v) is 4.43. The predicted molar refractivity (Wildman–Crippen MR) is 83.8 cm³/mol. The lowest BCUT2D eigenvalue weighted by atomic mass is 10.1. The summed E-state index contributed by atoms with van der Waals surface area (Å²) in [4.78, 5) is 12.0. The summed E-state index contributed by atoms with van der Waals surface area (Å²) in [5.41, 5.74) is 7.69. The summed E-state index contributed by atoms with van der Waals surface area (Å²) in [5.74, 6) is 1.20. The van der Waals surface area contributed by atoms with E-state index in [4.69, 9.17) is 15.2 Å². The van der Waals surface area contributed by atoms with E-state index in [2.05, 4.69) is 0 Å². The van der Waals surface area contributed by atoms with Crippen LogP contribution in [0.4, 0.5) is 5.69 Å². The molecule has 0 atom stereocenters. The Morgan fingerprint density at radius 3 is 2.29 bits per heavy atom. The van der Waals surface area contributed by atoms with Gasteiger partial charge in [-0.15, -0.1) is 0 Å². The van der Waals surface area contributed by atoms with Crippen LogP contribution in [0.5, 0.6) is 11.5 Å². The van der Waals surface area contributed by atoms with Crippen LogP contribution in [0.3, 0.4) is 0 Å². The first-order valence-corrected chi connectivity index (χ1v) is 6.44. The molecule has 4 nitrogen and oxygen atoms in total. The number of carbonyl (C=O) groups is 1. The number of ketones is 1. The molecule has 0 heterocycles. The molecule has 0 fully saturated rings. The minimum Gasteiger partial charge on any atom is -0.493 e. The fourth-order valence-corrected chi connectivity index (χ4v) is 1.87. The lowest BCUT2D eigenvalue weighted by molar-refractivity contribution is 0.104. The van der Waals surface area contributed by atoms with Gasteiger partial charge in [0.2, 0.25) is 0 Å². The maximum atomic E-state index is 12.0.